The number of aliphatic carboxylic acids is 1. The van der Waals surface area contributed by atoms with Gasteiger partial charge in [0.1, 0.15) is 0 Å². The molecule has 1 aliphatic rings. The van der Waals surface area contributed by atoms with Crippen LogP contribution in [0.3, 0.4) is 0 Å². The largest absolute Gasteiger partial charge is 0.481 e. The summed E-state index contributed by atoms with van der Waals surface area (Å²) >= 11 is 0. The van der Waals surface area contributed by atoms with E-state index in [2.05, 4.69) is 0 Å². The van der Waals surface area contributed by atoms with E-state index in [0.717, 1.165) is 37.7 Å². The minimum absolute atomic E-state index is 0.214. The first-order valence-corrected chi connectivity index (χ1v) is 5.75. The van der Waals surface area contributed by atoms with E-state index < -0.39 is 11.9 Å². The van der Waals surface area contributed by atoms with E-state index in [9.17, 15) is 9.59 Å². The van der Waals surface area contributed by atoms with Gasteiger partial charge in [0.25, 0.3) is 0 Å². The highest BCUT2D eigenvalue weighted by Gasteiger charge is 2.20. The molecule has 0 aromatic carbocycles. The lowest BCUT2D eigenvalue weighted by atomic mass is 9.90. The highest BCUT2D eigenvalue weighted by molar-refractivity contribution is 5.94. The molecule has 0 bridgehead atoms. The first-order chi connectivity index (χ1) is 7.65. The van der Waals surface area contributed by atoms with Gasteiger partial charge in [0, 0.05) is 5.57 Å². The summed E-state index contributed by atoms with van der Waals surface area (Å²) in [4.78, 5) is 22.4. The number of esters is 1. The van der Waals surface area contributed by atoms with Gasteiger partial charge in [0.2, 0.25) is 0 Å². The molecule has 1 saturated carbocycles. The Balaban J connectivity index is 2.83. The Morgan fingerprint density at radius 1 is 1.25 bits per heavy atom. The van der Waals surface area contributed by atoms with Crippen LogP contribution in [0.25, 0.3) is 0 Å². The molecule has 1 aliphatic carbocycles. The van der Waals surface area contributed by atoms with Crippen LogP contribution in [0, 0.1) is 0 Å². The van der Waals surface area contributed by atoms with E-state index in [1.807, 2.05) is 0 Å². The average Bonchev–Trinajstić information content (AvgIpc) is 2.27. The zero-order valence-corrected chi connectivity index (χ0v) is 9.62. The highest BCUT2D eigenvalue weighted by atomic mass is 16.5. The number of ether oxygens (including phenoxy) is 1. The van der Waals surface area contributed by atoms with Crippen molar-refractivity contribution in [1.82, 2.24) is 0 Å². The summed E-state index contributed by atoms with van der Waals surface area (Å²) in [5.41, 5.74) is 1.35. The number of carbonyl (C=O) groups is 2. The van der Waals surface area contributed by atoms with Gasteiger partial charge < -0.3 is 9.84 Å². The third-order valence-electron chi connectivity index (χ3n) is 2.73. The van der Waals surface area contributed by atoms with Crippen LogP contribution in [0.5, 0.6) is 0 Å². The lowest BCUT2D eigenvalue weighted by Gasteiger charge is -2.17. The summed E-state index contributed by atoms with van der Waals surface area (Å²) in [6.45, 7) is 2.01. The molecule has 1 N–H and O–H groups in total. The third-order valence-corrected chi connectivity index (χ3v) is 2.73. The highest BCUT2D eigenvalue weighted by Crippen LogP contribution is 2.27. The summed E-state index contributed by atoms with van der Waals surface area (Å²) in [5, 5.41) is 8.79. The number of hydrogen-bond donors (Lipinski definition) is 1. The maximum Gasteiger partial charge on any atom is 0.334 e. The normalized spacial score (nSPS) is 15.7. The molecule has 16 heavy (non-hydrogen) atoms. The maximum atomic E-state index is 11.6. The molecule has 90 valence electrons. The summed E-state index contributed by atoms with van der Waals surface area (Å²) in [5.74, 6) is -1.43. The zero-order valence-electron chi connectivity index (χ0n) is 9.62. The molecule has 1 fully saturated rings. The molecule has 4 nitrogen and oxygen atoms in total. The number of carboxylic acid groups (broad SMARTS) is 1. The fourth-order valence-corrected chi connectivity index (χ4v) is 1.99. The van der Waals surface area contributed by atoms with Gasteiger partial charge in [-0.1, -0.05) is 12.0 Å². The Bertz CT molecular complexity index is 296. The first-order valence-electron chi connectivity index (χ1n) is 5.75. The lowest BCUT2D eigenvalue weighted by Crippen LogP contribution is -2.15. The van der Waals surface area contributed by atoms with Crippen LogP contribution in [0.2, 0.25) is 0 Å². The van der Waals surface area contributed by atoms with Crippen molar-refractivity contribution in [3.05, 3.63) is 11.1 Å². The van der Waals surface area contributed by atoms with Crippen LogP contribution in [-0.4, -0.2) is 23.7 Å². The Kier molecular flexibility index (Phi) is 5.02. The van der Waals surface area contributed by atoms with Crippen LogP contribution in [0.4, 0.5) is 0 Å². The minimum Gasteiger partial charge on any atom is -0.481 e. The number of hydrogen-bond acceptors (Lipinski definition) is 3. The van der Waals surface area contributed by atoms with Crippen LogP contribution < -0.4 is 0 Å². The van der Waals surface area contributed by atoms with Gasteiger partial charge in [0.05, 0.1) is 13.0 Å². The number of carboxylic acids is 1. The molecule has 1 rings (SSSR count). The van der Waals surface area contributed by atoms with Crippen molar-refractivity contribution >= 4 is 11.9 Å². The quantitative estimate of drug-likeness (QED) is 0.590. The standard InChI is InChI=1S/C12H18O4/c1-2-16-12(15)10(8-11(13)14)9-6-4-3-5-7-9/h2-8H2,1H3,(H,13,14). The second kappa shape index (κ2) is 6.30. The molecule has 0 atom stereocenters. The summed E-state index contributed by atoms with van der Waals surface area (Å²) in [7, 11) is 0. The van der Waals surface area contributed by atoms with Gasteiger partial charge in [-0.3, -0.25) is 4.79 Å². The predicted octanol–water partition coefficient (Wildman–Crippen LogP) is 2.28. The van der Waals surface area contributed by atoms with Crippen molar-refractivity contribution in [3.8, 4) is 0 Å². The van der Waals surface area contributed by atoms with E-state index in [-0.39, 0.29) is 13.0 Å². The Morgan fingerprint density at radius 3 is 2.38 bits per heavy atom. The molecule has 0 aliphatic heterocycles. The van der Waals surface area contributed by atoms with Gasteiger partial charge in [-0.25, -0.2) is 4.79 Å². The Labute approximate surface area is 95.3 Å². The SMILES string of the molecule is CCOC(=O)C(CC(=O)O)=C1CCCCC1. The molecular formula is C12H18O4. The molecule has 0 aromatic heterocycles. The maximum absolute atomic E-state index is 11.6. The summed E-state index contributed by atoms with van der Waals surface area (Å²) < 4.78 is 4.90. The minimum atomic E-state index is -0.971. The van der Waals surface area contributed by atoms with Crippen molar-refractivity contribution in [3.63, 3.8) is 0 Å². The molecule has 0 amide bonds. The average molecular weight is 226 g/mol. The van der Waals surface area contributed by atoms with Crippen LogP contribution >= 0.6 is 0 Å². The number of carbonyl (C=O) groups excluding carboxylic acids is 1. The monoisotopic (exact) mass is 226 g/mol. The molecule has 0 aromatic rings. The number of rotatable bonds is 4. The van der Waals surface area contributed by atoms with E-state index >= 15 is 0 Å². The fraction of sp³-hybridized carbons (Fsp3) is 0.667. The molecule has 0 heterocycles. The predicted molar refractivity (Wildman–Crippen MR) is 59.0 cm³/mol. The molecule has 0 radical (unpaired) electrons. The van der Waals surface area contributed by atoms with Crippen LogP contribution in [-0.2, 0) is 14.3 Å². The van der Waals surface area contributed by atoms with Crippen molar-refractivity contribution in [1.29, 1.82) is 0 Å². The Morgan fingerprint density at radius 2 is 1.88 bits per heavy atom. The van der Waals surface area contributed by atoms with Crippen LogP contribution in [0.1, 0.15) is 45.4 Å². The van der Waals surface area contributed by atoms with Gasteiger partial charge in [-0.2, -0.15) is 0 Å². The van der Waals surface area contributed by atoms with Crippen LogP contribution in [0.15, 0.2) is 11.1 Å². The van der Waals surface area contributed by atoms with Crippen molar-refractivity contribution in [2.45, 2.75) is 45.4 Å². The van der Waals surface area contributed by atoms with Gasteiger partial charge in [-0.15, -0.1) is 0 Å². The van der Waals surface area contributed by atoms with E-state index in [1.165, 1.54) is 0 Å². The smallest absolute Gasteiger partial charge is 0.334 e. The summed E-state index contributed by atoms with van der Waals surface area (Å²) in [6.07, 6.45) is 4.69. The van der Waals surface area contributed by atoms with Crippen molar-refractivity contribution < 1.29 is 19.4 Å². The zero-order chi connectivity index (χ0) is 12.0. The molecule has 4 heteroatoms. The molecule has 0 saturated heterocycles. The fourth-order valence-electron chi connectivity index (χ4n) is 1.99. The second-order valence-electron chi connectivity index (χ2n) is 3.93. The molecular weight excluding hydrogens is 208 g/mol. The topological polar surface area (TPSA) is 63.6 Å². The van der Waals surface area contributed by atoms with Gasteiger partial charge in [-0.05, 0) is 32.6 Å². The van der Waals surface area contributed by atoms with Crippen molar-refractivity contribution in [2.24, 2.45) is 0 Å². The third kappa shape index (κ3) is 3.68. The lowest BCUT2D eigenvalue weighted by molar-refractivity contribution is -0.142. The van der Waals surface area contributed by atoms with E-state index in [4.69, 9.17) is 9.84 Å². The first kappa shape index (κ1) is 12.7. The Hall–Kier alpha value is -1.32. The second-order valence-corrected chi connectivity index (χ2v) is 3.93. The van der Waals surface area contributed by atoms with E-state index in [0.29, 0.717) is 5.57 Å². The van der Waals surface area contributed by atoms with Gasteiger partial charge in [0.15, 0.2) is 0 Å². The number of allylic oxidation sites excluding steroid dienone is 1. The molecule has 0 spiro atoms. The molecule has 0 unspecified atom stereocenters. The van der Waals surface area contributed by atoms with Crippen molar-refractivity contribution in [2.75, 3.05) is 6.61 Å². The van der Waals surface area contributed by atoms with E-state index in [1.54, 1.807) is 6.92 Å². The van der Waals surface area contributed by atoms with Gasteiger partial charge >= 0.3 is 11.9 Å². The summed E-state index contributed by atoms with van der Waals surface area (Å²) in [6, 6.07) is 0.